The van der Waals surface area contributed by atoms with E-state index in [2.05, 4.69) is 0 Å². The number of hydrogen-bond donors (Lipinski definition) is 1. The number of carbonyl (C=O) groups excluding carboxylic acids is 2. The van der Waals surface area contributed by atoms with Crippen molar-refractivity contribution >= 4 is 23.6 Å². The number of nitrogens with two attached hydrogens (primary N) is 1. The summed E-state index contributed by atoms with van der Waals surface area (Å²) in [6, 6.07) is 18.8. The zero-order chi connectivity index (χ0) is 20.0. The molecule has 0 spiro atoms. The second-order valence-corrected chi connectivity index (χ2v) is 8.80. The van der Waals surface area contributed by atoms with Crippen LogP contribution in [0, 0.1) is 5.92 Å². The Kier molecular flexibility index (Phi) is 4.68. The lowest BCUT2D eigenvalue weighted by atomic mass is 10.00. The number of nitrogens with zero attached hydrogens (tertiary/aromatic N) is 1. The van der Waals surface area contributed by atoms with Crippen LogP contribution in [0.2, 0.25) is 0 Å². The monoisotopic (exact) mass is 406 g/mol. The fraction of sp³-hybridized carbons (Fsp3) is 0.304. The first-order valence-electron chi connectivity index (χ1n) is 9.89. The predicted octanol–water partition coefficient (Wildman–Crippen LogP) is 3.23. The summed E-state index contributed by atoms with van der Waals surface area (Å²) in [7, 11) is 0. The van der Waals surface area contributed by atoms with Gasteiger partial charge in [-0.1, -0.05) is 60.7 Å². The van der Waals surface area contributed by atoms with E-state index in [1.54, 1.807) is 16.7 Å². The smallest absolute Gasteiger partial charge is 0.356 e. The molecule has 6 heteroatoms. The maximum atomic E-state index is 13.4. The van der Waals surface area contributed by atoms with E-state index >= 15 is 0 Å². The number of amides is 1. The molecule has 5 nitrogen and oxygen atoms in total. The van der Waals surface area contributed by atoms with Gasteiger partial charge in [0.2, 0.25) is 5.91 Å². The van der Waals surface area contributed by atoms with Gasteiger partial charge in [0, 0.05) is 5.75 Å². The molecular formula is C23H22N2O3S. The number of carbonyl (C=O) groups is 2. The van der Waals surface area contributed by atoms with Crippen LogP contribution in [0.4, 0.5) is 0 Å². The van der Waals surface area contributed by atoms with E-state index in [0.29, 0.717) is 11.6 Å². The predicted molar refractivity (Wildman–Crippen MR) is 112 cm³/mol. The Labute approximate surface area is 173 Å². The van der Waals surface area contributed by atoms with Crippen LogP contribution in [0.5, 0.6) is 0 Å². The SMILES string of the molecule is N[C@@H]1C(=O)N2C(C(=O)OC(c3ccccc3)c3ccccc3)=C(C3CC3)CS[C@H]12. The average molecular weight is 407 g/mol. The maximum Gasteiger partial charge on any atom is 0.356 e. The number of thioether (sulfide) groups is 1. The third-order valence-corrected chi connectivity index (χ3v) is 7.06. The summed E-state index contributed by atoms with van der Waals surface area (Å²) in [6.07, 6.45) is 1.59. The van der Waals surface area contributed by atoms with Gasteiger partial charge in [-0.05, 0) is 35.5 Å². The Morgan fingerprint density at radius 1 is 1.03 bits per heavy atom. The third-order valence-electron chi connectivity index (χ3n) is 5.73. The average Bonchev–Trinajstić information content (AvgIpc) is 3.62. The fourth-order valence-corrected chi connectivity index (χ4v) is 5.42. The molecule has 0 aromatic heterocycles. The standard InChI is InChI=1S/C23H22N2O3S/c24-18-21(26)25-19(17(14-11-12-14)13-29-22(18)25)23(27)28-20(15-7-3-1-4-8-15)16-9-5-2-6-10-16/h1-10,14,18,20,22H,11-13,24H2/t18-,22-/m1/s1. The molecule has 0 radical (unpaired) electrons. The van der Waals surface area contributed by atoms with E-state index in [0.717, 1.165) is 35.3 Å². The Balaban J connectivity index is 1.50. The minimum absolute atomic E-state index is 0.167. The van der Waals surface area contributed by atoms with Crippen LogP contribution in [-0.2, 0) is 14.3 Å². The molecular weight excluding hydrogens is 384 g/mol. The topological polar surface area (TPSA) is 72.6 Å². The Morgan fingerprint density at radius 2 is 1.62 bits per heavy atom. The molecule has 0 unspecified atom stereocenters. The highest BCUT2D eigenvalue weighted by atomic mass is 32.2. The first kappa shape index (κ1) is 18.5. The Hall–Kier alpha value is -2.57. The van der Waals surface area contributed by atoms with Gasteiger partial charge in [-0.15, -0.1) is 11.8 Å². The van der Waals surface area contributed by atoms with Crippen molar-refractivity contribution in [2.45, 2.75) is 30.4 Å². The molecule has 1 saturated carbocycles. The van der Waals surface area contributed by atoms with Gasteiger partial charge >= 0.3 is 5.97 Å². The summed E-state index contributed by atoms with van der Waals surface area (Å²) in [5.74, 6) is 0.486. The van der Waals surface area contributed by atoms with Crippen LogP contribution in [0.1, 0.15) is 30.1 Å². The minimum atomic E-state index is -0.539. The molecule has 1 saturated heterocycles. The van der Waals surface area contributed by atoms with E-state index in [1.807, 2.05) is 60.7 Å². The summed E-state index contributed by atoms with van der Waals surface area (Å²) in [4.78, 5) is 27.5. The lowest BCUT2D eigenvalue weighted by molar-refractivity contribution is -0.153. The molecule has 29 heavy (non-hydrogen) atoms. The van der Waals surface area contributed by atoms with Crippen LogP contribution < -0.4 is 5.73 Å². The molecule has 148 valence electrons. The Bertz CT molecular complexity index is 933. The molecule has 2 N–H and O–H groups in total. The highest BCUT2D eigenvalue weighted by Crippen LogP contribution is 2.48. The minimum Gasteiger partial charge on any atom is -0.448 e. The lowest BCUT2D eigenvalue weighted by Crippen LogP contribution is -2.68. The van der Waals surface area contributed by atoms with Gasteiger partial charge in [0.05, 0.1) is 0 Å². The van der Waals surface area contributed by atoms with Crippen molar-refractivity contribution in [1.82, 2.24) is 4.90 Å². The maximum absolute atomic E-state index is 13.4. The van der Waals surface area contributed by atoms with E-state index in [4.69, 9.17) is 10.5 Å². The van der Waals surface area contributed by atoms with Crippen molar-refractivity contribution in [1.29, 1.82) is 0 Å². The molecule has 1 aliphatic carbocycles. The number of rotatable bonds is 5. The van der Waals surface area contributed by atoms with Crippen molar-refractivity contribution < 1.29 is 14.3 Å². The van der Waals surface area contributed by atoms with Crippen molar-refractivity contribution in [3.63, 3.8) is 0 Å². The van der Waals surface area contributed by atoms with Crippen LogP contribution in [0.3, 0.4) is 0 Å². The van der Waals surface area contributed by atoms with Crippen LogP contribution >= 0.6 is 11.8 Å². The zero-order valence-corrected chi connectivity index (χ0v) is 16.7. The van der Waals surface area contributed by atoms with Gasteiger partial charge < -0.3 is 10.5 Å². The number of esters is 1. The van der Waals surface area contributed by atoms with Gasteiger partial charge in [-0.2, -0.15) is 0 Å². The summed E-state index contributed by atoms with van der Waals surface area (Å²) >= 11 is 1.65. The quantitative estimate of drug-likeness (QED) is 0.610. The summed E-state index contributed by atoms with van der Waals surface area (Å²) < 4.78 is 6.07. The second kappa shape index (κ2) is 7.35. The summed E-state index contributed by atoms with van der Waals surface area (Å²) in [5.41, 5.74) is 9.24. The van der Waals surface area contributed by atoms with Gasteiger partial charge in [0.1, 0.15) is 17.1 Å². The number of β-lactam (4-membered cyclic amide) rings is 1. The van der Waals surface area contributed by atoms with Gasteiger partial charge in [-0.3, -0.25) is 9.69 Å². The molecule has 2 atom stereocenters. The number of fused-ring (bicyclic) bond motifs is 1. The van der Waals surface area contributed by atoms with Crippen LogP contribution in [0.15, 0.2) is 71.9 Å². The number of hydrogen-bond acceptors (Lipinski definition) is 5. The van der Waals surface area contributed by atoms with Crippen molar-refractivity contribution in [2.75, 3.05) is 5.75 Å². The molecule has 1 amide bonds. The molecule has 2 aromatic rings. The van der Waals surface area contributed by atoms with Crippen molar-refractivity contribution in [3.8, 4) is 0 Å². The fourth-order valence-electron chi connectivity index (χ4n) is 4.02. The molecule has 2 aromatic carbocycles. The second-order valence-electron chi connectivity index (χ2n) is 7.69. The third kappa shape index (κ3) is 3.26. The summed E-state index contributed by atoms with van der Waals surface area (Å²) in [6.45, 7) is 0. The highest BCUT2D eigenvalue weighted by molar-refractivity contribution is 8.00. The van der Waals surface area contributed by atoms with E-state index in [-0.39, 0.29) is 11.3 Å². The van der Waals surface area contributed by atoms with E-state index in [9.17, 15) is 9.59 Å². The zero-order valence-electron chi connectivity index (χ0n) is 15.9. The van der Waals surface area contributed by atoms with Gasteiger partial charge in [0.25, 0.3) is 0 Å². The van der Waals surface area contributed by atoms with Crippen LogP contribution in [0.25, 0.3) is 0 Å². The number of ether oxygens (including phenoxy) is 1. The first-order chi connectivity index (χ1) is 14.1. The van der Waals surface area contributed by atoms with Crippen LogP contribution in [-0.4, -0.2) is 33.9 Å². The molecule has 5 rings (SSSR count). The first-order valence-corrected chi connectivity index (χ1v) is 10.9. The summed E-state index contributed by atoms with van der Waals surface area (Å²) in [5, 5.41) is -0.167. The van der Waals surface area contributed by atoms with Gasteiger partial charge in [-0.25, -0.2) is 4.79 Å². The lowest BCUT2D eigenvalue weighted by Gasteiger charge is -2.48. The molecule has 2 fully saturated rings. The number of benzene rings is 2. The molecule has 0 bridgehead atoms. The molecule has 2 heterocycles. The Morgan fingerprint density at radius 3 is 2.17 bits per heavy atom. The molecule has 2 aliphatic heterocycles. The highest BCUT2D eigenvalue weighted by Gasteiger charge is 2.53. The van der Waals surface area contributed by atoms with E-state index in [1.165, 1.54) is 0 Å². The van der Waals surface area contributed by atoms with Gasteiger partial charge in [0.15, 0.2) is 6.10 Å². The normalized spacial score (nSPS) is 23.7. The largest absolute Gasteiger partial charge is 0.448 e. The molecule has 3 aliphatic rings. The van der Waals surface area contributed by atoms with E-state index < -0.39 is 18.1 Å². The van der Waals surface area contributed by atoms with Crippen molar-refractivity contribution in [3.05, 3.63) is 83.1 Å². The van der Waals surface area contributed by atoms with Crippen molar-refractivity contribution in [2.24, 2.45) is 11.7 Å².